The normalized spacial score (nSPS) is 18.3. The van der Waals surface area contributed by atoms with Crippen LogP contribution < -0.4 is 4.74 Å². The lowest BCUT2D eigenvalue weighted by Crippen LogP contribution is -2.20. The average molecular weight is 263 g/mol. The summed E-state index contributed by atoms with van der Waals surface area (Å²) in [6.07, 6.45) is -0.153. The third-order valence-corrected chi connectivity index (χ3v) is 3.64. The van der Waals surface area contributed by atoms with E-state index in [-0.39, 0.29) is 18.3 Å². The van der Waals surface area contributed by atoms with E-state index >= 15 is 0 Å². The number of nitrogens with zero attached hydrogens (tertiary/aromatic N) is 1. The van der Waals surface area contributed by atoms with Crippen LogP contribution in [-0.4, -0.2) is 10.8 Å². The van der Waals surface area contributed by atoms with Crippen LogP contribution in [0.15, 0.2) is 23.6 Å². The number of hydrogen-bond donors (Lipinski definition) is 0. The van der Waals surface area contributed by atoms with Crippen molar-refractivity contribution in [3.63, 3.8) is 0 Å². The Kier molecular flexibility index (Phi) is 2.63. The van der Waals surface area contributed by atoms with Crippen LogP contribution in [0, 0.1) is 12.7 Å². The standard InChI is InChI=1S/C13H10FNO2S/c1-7-15-10(6-18-7)13-5-11(16)9-4-8(14)2-3-12(9)17-13/h2-4,6,13H,5H2,1H3. The maximum Gasteiger partial charge on any atom is 0.170 e. The van der Waals surface area contributed by atoms with Gasteiger partial charge in [-0.15, -0.1) is 11.3 Å². The second-order valence-corrected chi connectivity index (χ2v) is 5.23. The molecule has 3 rings (SSSR count). The fourth-order valence-electron chi connectivity index (χ4n) is 1.99. The summed E-state index contributed by atoms with van der Waals surface area (Å²) >= 11 is 1.52. The summed E-state index contributed by atoms with van der Waals surface area (Å²) in [4.78, 5) is 16.3. The van der Waals surface area contributed by atoms with Crippen molar-refractivity contribution in [1.29, 1.82) is 0 Å². The van der Waals surface area contributed by atoms with Crippen LogP contribution in [0.4, 0.5) is 4.39 Å². The van der Waals surface area contributed by atoms with Gasteiger partial charge < -0.3 is 4.74 Å². The van der Waals surface area contributed by atoms with Gasteiger partial charge in [-0.2, -0.15) is 0 Å². The first-order chi connectivity index (χ1) is 8.63. The van der Waals surface area contributed by atoms with Crippen molar-refractivity contribution in [3.05, 3.63) is 45.7 Å². The SMILES string of the molecule is Cc1nc(C2CC(=O)c3cc(F)ccc3O2)cs1. The van der Waals surface area contributed by atoms with Gasteiger partial charge in [-0.25, -0.2) is 9.37 Å². The highest BCUT2D eigenvalue weighted by atomic mass is 32.1. The molecule has 2 aromatic rings. The van der Waals surface area contributed by atoms with Crippen molar-refractivity contribution in [2.45, 2.75) is 19.4 Å². The molecule has 18 heavy (non-hydrogen) atoms. The topological polar surface area (TPSA) is 39.2 Å². The van der Waals surface area contributed by atoms with Crippen LogP contribution >= 0.6 is 11.3 Å². The lowest BCUT2D eigenvalue weighted by atomic mass is 9.99. The number of aryl methyl sites for hydroxylation is 1. The molecule has 0 fully saturated rings. The van der Waals surface area contributed by atoms with Crippen molar-refractivity contribution in [1.82, 2.24) is 4.98 Å². The minimum absolute atomic E-state index is 0.105. The van der Waals surface area contributed by atoms with E-state index in [1.54, 1.807) is 0 Å². The number of carbonyl (C=O) groups excluding carboxylic acids is 1. The van der Waals surface area contributed by atoms with E-state index in [9.17, 15) is 9.18 Å². The summed E-state index contributed by atoms with van der Waals surface area (Å²) in [6, 6.07) is 4.01. The second kappa shape index (κ2) is 4.17. The Bertz CT molecular complexity index is 623. The van der Waals surface area contributed by atoms with Crippen molar-refractivity contribution in [3.8, 4) is 5.75 Å². The number of fused-ring (bicyclic) bond motifs is 1. The van der Waals surface area contributed by atoms with Gasteiger partial charge in [-0.05, 0) is 25.1 Å². The van der Waals surface area contributed by atoms with Gasteiger partial charge >= 0.3 is 0 Å². The van der Waals surface area contributed by atoms with Crippen molar-refractivity contribution < 1.29 is 13.9 Å². The smallest absolute Gasteiger partial charge is 0.170 e. The number of thiazole rings is 1. The monoisotopic (exact) mass is 263 g/mol. The Labute approximate surface area is 107 Å². The van der Waals surface area contributed by atoms with E-state index in [2.05, 4.69) is 4.98 Å². The molecule has 0 amide bonds. The van der Waals surface area contributed by atoms with E-state index in [1.165, 1.54) is 29.5 Å². The highest BCUT2D eigenvalue weighted by Crippen LogP contribution is 2.35. The van der Waals surface area contributed by atoms with Gasteiger partial charge in [0.15, 0.2) is 5.78 Å². The molecular weight excluding hydrogens is 253 g/mol. The molecule has 0 N–H and O–H groups in total. The molecule has 5 heteroatoms. The molecule has 92 valence electrons. The molecule has 1 aromatic carbocycles. The van der Waals surface area contributed by atoms with Crippen LogP contribution in [0.3, 0.4) is 0 Å². The van der Waals surface area contributed by atoms with E-state index in [0.29, 0.717) is 11.3 Å². The van der Waals surface area contributed by atoms with Crippen LogP contribution in [0.5, 0.6) is 5.75 Å². The quantitative estimate of drug-likeness (QED) is 0.792. The molecule has 1 unspecified atom stereocenters. The van der Waals surface area contributed by atoms with Crippen LogP contribution in [0.25, 0.3) is 0 Å². The summed E-state index contributed by atoms with van der Waals surface area (Å²) in [6.45, 7) is 1.90. The predicted molar refractivity (Wildman–Crippen MR) is 65.6 cm³/mol. The van der Waals surface area contributed by atoms with Gasteiger partial charge in [0.25, 0.3) is 0 Å². The number of ether oxygens (including phenoxy) is 1. The van der Waals surface area contributed by atoms with Crippen LogP contribution in [0.2, 0.25) is 0 Å². The van der Waals surface area contributed by atoms with E-state index in [1.807, 2.05) is 12.3 Å². The molecule has 1 atom stereocenters. The maximum atomic E-state index is 13.1. The molecule has 1 aliphatic heterocycles. The van der Waals surface area contributed by atoms with Crippen molar-refractivity contribution in [2.75, 3.05) is 0 Å². The lowest BCUT2D eigenvalue weighted by molar-refractivity contribution is 0.0844. The zero-order chi connectivity index (χ0) is 12.7. The summed E-state index contributed by atoms with van der Waals surface area (Å²) in [5.74, 6) is -0.0941. The molecule has 0 saturated carbocycles. The van der Waals surface area contributed by atoms with Gasteiger partial charge in [-0.3, -0.25) is 4.79 Å². The number of halogens is 1. The fraction of sp³-hybridized carbons (Fsp3) is 0.231. The van der Waals surface area contributed by atoms with Gasteiger partial charge in [-0.1, -0.05) is 0 Å². The van der Waals surface area contributed by atoms with E-state index in [0.717, 1.165) is 10.7 Å². The van der Waals surface area contributed by atoms with Crippen molar-refractivity contribution in [2.24, 2.45) is 0 Å². The largest absolute Gasteiger partial charge is 0.483 e. The van der Waals surface area contributed by atoms with E-state index in [4.69, 9.17) is 4.74 Å². The Morgan fingerprint density at radius 2 is 2.33 bits per heavy atom. The van der Waals surface area contributed by atoms with Gasteiger partial charge in [0.05, 0.1) is 22.7 Å². The summed E-state index contributed by atoms with van der Waals surface area (Å²) in [5.41, 5.74) is 1.08. The maximum absolute atomic E-state index is 13.1. The molecule has 0 radical (unpaired) electrons. The predicted octanol–water partition coefficient (Wildman–Crippen LogP) is 3.30. The highest BCUT2D eigenvalue weighted by Gasteiger charge is 2.29. The van der Waals surface area contributed by atoms with Gasteiger partial charge in [0.1, 0.15) is 17.7 Å². The molecule has 1 aromatic heterocycles. The number of carbonyl (C=O) groups is 1. The molecule has 3 nitrogen and oxygen atoms in total. The second-order valence-electron chi connectivity index (χ2n) is 4.17. The van der Waals surface area contributed by atoms with Crippen LogP contribution in [-0.2, 0) is 0 Å². The zero-order valence-electron chi connectivity index (χ0n) is 9.64. The number of hydrogen-bond acceptors (Lipinski definition) is 4. The number of rotatable bonds is 1. The number of Topliss-reactive ketones (excluding diaryl/α,β-unsaturated/α-hetero) is 1. The summed E-state index contributed by atoms with van der Waals surface area (Å²) in [5, 5.41) is 2.83. The third kappa shape index (κ3) is 1.90. The van der Waals surface area contributed by atoms with Gasteiger partial charge in [0, 0.05) is 5.38 Å². The Morgan fingerprint density at radius 1 is 1.50 bits per heavy atom. The highest BCUT2D eigenvalue weighted by molar-refractivity contribution is 7.09. The van der Waals surface area contributed by atoms with Gasteiger partial charge in [0.2, 0.25) is 0 Å². The molecule has 1 aliphatic rings. The molecule has 0 spiro atoms. The Morgan fingerprint density at radius 3 is 3.06 bits per heavy atom. The Balaban J connectivity index is 1.96. The number of aromatic nitrogens is 1. The zero-order valence-corrected chi connectivity index (χ0v) is 10.5. The molecular formula is C13H10FNO2S. The molecule has 0 saturated heterocycles. The van der Waals surface area contributed by atoms with E-state index < -0.39 is 5.82 Å². The summed E-state index contributed by atoms with van der Waals surface area (Å²) in [7, 11) is 0. The Hall–Kier alpha value is -1.75. The molecule has 2 heterocycles. The molecule has 0 aliphatic carbocycles. The molecule has 0 bridgehead atoms. The third-order valence-electron chi connectivity index (χ3n) is 2.85. The summed E-state index contributed by atoms with van der Waals surface area (Å²) < 4.78 is 18.8. The lowest BCUT2D eigenvalue weighted by Gasteiger charge is -2.23. The number of ketones is 1. The van der Waals surface area contributed by atoms with Crippen LogP contribution in [0.1, 0.15) is 33.6 Å². The minimum atomic E-state index is -0.423. The first kappa shape index (κ1) is 11.3. The van der Waals surface area contributed by atoms with Crippen molar-refractivity contribution >= 4 is 17.1 Å². The average Bonchev–Trinajstić information content (AvgIpc) is 2.77. The first-order valence-electron chi connectivity index (χ1n) is 5.55. The minimum Gasteiger partial charge on any atom is -0.483 e. The fourth-order valence-corrected chi connectivity index (χ4v) is 2.64. The first-order valence-corrected chi connectivity index (χ1v) is 6.43. The number of benzene rings is 1.